The van der Waals surface area contributed by atoms with Gasteiger partial charge in [0, 0.05) is 5.92 Å². The van der Waals surface area contributed by atoms with Crippen LogP contribution in [0.25, 0.3) is 0 Å². The lowest BCUT2D eigenvalue weighted by atomic mass is 9.89. The molecule has 0 aliphatic heterocycles. The minimum atomic E-state index is -3.00. The standard InChI is InChI=1S/C18H21F2N3O3/c1-11(17-22-15(23-26-17)12-7-3-2-4-8-12)21-16(24)13-9-5-6-10-14(13)25-18(19)20/h5-6,9-12,18H,2-4,7-8H2,1H3,(H,21,24)/t11-/m1/s1. The van der Waals surface area contributed by atoms with Gasteiger partial charge in [-0.1, -0.05) is 36.6 Å². The quantitative estimate of drug-likeness (QED) is 0.830. The van der Waals surface area contributed by atoms with E-state index in [0.29, 0.717) is 17.6 Å². The highest BCUT2D eigenvalue weighted by Gasteiger charge is 2.24. The Bertz CT molecular complexity index is 745. The van der Waals surface area contributed by atoms with Crippen molar-refractivity contribution in [1.29, 1.82) is 0 Å². The van der Waals surface area contributed by atoms with Crippen LogP contribution in [-0.2, 0) is 0 Å². The molecule has 1 aliphatic rings. The summed E-state index contributed by atoms with van der Waals surface area (Å²) >= 11 is 0. The van der Waals surface area contributed by atoms with Gasteiger partial charge in [0.1, 0.15) is 11.8 Å². The average molecular weight is 365 g/mol. The Labute approximate surface area is 149 Å². The van der Waals surface area contributed by atoms with Crippen LogP contribution in [0.15, 0.2) is 28.8 Å². The summed E-state index contributed by atoms with van der Waals surface area (Å²) in [4.78, 5) is 16.8. The van der Waals surface area contributed by atoms with Crippen molar-refractivity contribution in [2.24, 2.45) is 0 Å². The summed E-state index contributed by atoms with van der Waals surface area (Å²) in [5, 5.41) is 6.72. The number of alkyl halides is 2. The Morgan fingerprint density at radius 3 is 2.73 bits per heavy atom. The SMILES string of the molecule is C[C@@H](NC(=O)c1ccccc1OC(F)F)c1nc(C2CCCCC2)no1. The number of amides is 1. The number of para-hydroxylation sites is 1. The van der Waals surface area contributed by atoms with Gasteiger partial charge in [-0.3, -0.25) is 4.79 Å². The normalized spacial score (nSPS) is 16.5. The molecule has 1 saturated carbocycles. The van der Waals surface area contributed by atoms with Gasteiger partial charge in [-0.2, -0.15) is 13.8 Å². The molecule has 1 aromatic carbocycles. The Kier molecular flexibility index (Phi) is 5.80. The summed E-state index contributed by atoms with van der Waals surface area (Å²) < 4.78 is 34.6. The average Bonchev–Trinajstić information content (AvgIpc) is 3.12. The molecule has 26 heavy (non-hydrogen) atoms. The third-order valence-corrected chi connectivity index (χ3v) is 4.49. The third-order valence-electron chi connectivity index (χ3n) is 4.49. The van der Waals surface area contributed by atoms with Gasteiger partial charge in [-0.25, -0.2) is 0 Å². The Morgan fingerprint density at radius 2 is 2.00 bits per heavy atom. The Morgan fingerprint density at radius 1 is 1.27 bits per heavy atom. The van der Waals surface area contributed by atoms with Gasteiger partial charge in [0.15, 0.2) is 5.82 Å². The third kappa shape index (κ3) is 4.36. The number of rotatable bonds is 6. The number of benzene rings is 1. The highest BCUT2D eigenvalue weighted by Crippen LogP contribution is 2.31. The van der Waals surface area contributed by atoms with E-state index in [-0.39, 0.29) is 11.3 Å². The zero-order chi connectivity index (χ0) is 18.5. The number of ether oxygens (including phenoxy) is 1. The molecule has 8 heteroatoms. The Balaban J connectivity index is 1.67. The van der Waals surface area contributed by atoms with E-state index in [9.17, 15) is 13.6 Å². The molecule has 1 aromatic heterocycles. The first kappa shape index (κ1) is 18.3. The predicted molar refractivity (Wildman–Crippen MR) is 89.1 cm³/mol. The number of carbonyl (C=O) groups excluding carboxylic acids is 1. The molecule has 1 N–H and O–H groups in total. The van der Waals surface area contributed by atoms with Crippen LogP contribution in [0.1, 0.15) is 73.1 Å². The van der Waals surface area contributed by atoms with Gasteiger partial charge < -0.3 is 14.6 Å². The maximum absolute atomic E-state index is 12.5. The number of carbonyl (C=O) groups is 1. The first-order valence-corrected chi connectivity index (χ1v) is 8.73. The number of hydrogen-bond donors (Lipinski definition) is 1. The van der Waals surface area contributed by atoms with Crippen molar-refractivity contribution in [2.45, 2.75) is 57.6 Å². The lowest BCUT2D eigenvalue weighted by molar-refractivity contribution is -0.0501. The molecule has 6 nitrogen and oxygen atoms in total. The molecule has 0 unspecified atom stereocenters. The van der Waals surface area contributed by atoms with Crippen LogP contribution in [0.2, 0.25) is 0 Å². The van der Waals surface area contributed by atoms with Crippen LogP contribution in [-0.4, -0.2) is 22.7 Å². The molecule has 0 saturated heterocycles. The Hall–Kier alpha value is -2.51. The zero-order valence-corrected chi connectivity index (χ0v) is 14.5. The minimum absolute atomic E-state index is 0.0201. The summed E-state index contributed by atoms with van der Waals surface area (Å²) in [5.41, 5.74) is 0.0201. The van der Waals surface area contributed by atoms with Gasteiger partial charge in [-0.05, 0) is 31.9 Å². The van der Waals surface area contributed by atoms with Crippen LogP contribution in [0.5, 0.6) is 5.75 Å². The lowest BCUT2D eigenvalue weighted by Crippen LogP contribution is -2.27. The summed E-state index contributed by atoms with van der Waals surface area (Å²) in [6.45, 7) is -1.30. The van der Waals surface area contributed by atoms with E-state index in [1.165, 1.54) is 24.6 Å². The van der Waals surface area contributed by atoms with Gasteiger partial charge >= 0.3 is 6.61 Å². The maximum atomic E-state index is 12.5. The van der Waals surface area contributed by atoms with Gasteiger partial charge in [0.05, 0.1) is 5.56 Å². The van der Waals surface area contributed by atoms with Crippen LogP contribution < -0.4 is 10.1 Å². The van der Waals surface area contributed by atoms with Crippen molar-refractivity contribution in [3.8, 4) is 5.75 Å². The molecule has 3 rings (SSSR count). The fourth-order valence-electron chi connectivity index (χ4n) is 3.14. The number of aromatic nitrogens is 2. The molecule has 1 aliphatic carbocycles. The van der Waals surface area contributed by atoms with Crippen molar-refractivity contribution in [3.63, 3.8) is 0 Å². The minimum Gasteiger partial charge on any atom is -0.434 e. The molecule has 0 bridgehead atoms. The van der Waals surface area contributed by atoms with Crippen molar-refractivity contribution in [3.05, 3.63) is 41.5 Å². The predicted octanol–water partition coefficient (Wildman–Crippen LogP) is 4.21. The highest BCUT2D eigenvalue weighted by atomic mass is 19.3. The summed E-state index contributed by atoms with van der Waals surface area (Å²) in [6, 6.07) is 5.28. The van der Waals surface area contributed by atoms with E-state index in [2.05, 4.69) is 20.2 Å². The number of halogens is 2. The van der Waals surface area contributed by atoms with E-state index in [1.807, 2.05) is 0 Å². The zero-order valence-electron chi connectivity index (χ0n) is 14.5. The van der Waals surface area contributed by atoms with Crippen LogP contribution >= 0.6 is 0 Å². The second-order valence-corrected chi connectivity index (χ2v) is 6.40. The number of nitrogens with zero attached hydrogens (tertiary/aromatic N) is 2. The van der Waals surface area contributed by atoms with E-state index in [0.717, 1.165) is 25.7 Å². The molecular formula is C18H21F2N3O3. The highest BCUT2D eigenvalue weighted by molar-refractivity contribution is 5.97. The number of nitrogens with one attached hydrogen (secondary N) is 1. The molecule has 1 amide bonds. The molecule has 2 aromatic rings. The van der Waals surface area contributed by atoms with E-state index < -0.39 is 18.6 Å². The fourth-order valence-corrected chi connectivity index (χ4v) is 3.14. The largest absolute Gasteiger partial charge is 0.434 e. The topological polar surface area (TPSA) is 77.2 Å². The molecule has 1 atom stereocenters. The molecular weight excluding hydrogens is 344 g/mol. The molecule has 140 valence electrons. The molecule has 0 radical (unpaired) electrons. The first-order valence-electron chi connectivity index (χ1n) is 8.73. The maximum Gasteiger partial charge on any atom is 0.387 e. The summed E-state index contributed by atoms with van der Waals surface area (Å²) in [6.07, 6.45) is 5.62. The van der Waals surface area contributed by atoms with E-state index >= 15 is 0 Å². The van der Waals surface area contributed by atoms with Gasteiger partial charge in [0.2, 0.25) is 5.89 Å². The van der Waals surface area contributed by atoms with Gasteiger partial charge in [0.25, 0.3) is 5.91 Å². The summed E-state index contributed by atoms with van der Waals surface area (Å²) in [5.74, 6) is 0.532. The second kappa shape index (κ2) is 8.25. The van der Waals surface area contributed by atoms with Crippen molar-refractivity contribution in [2.75, 3.05) is 0 Å². The van der Waals surface area contributed by atoms with Crippen molar-refractivity contribution >= 4 is 5.91 Å². The molecule has 1 heterocycles. The van der Waals surface area contributed by atoms with Crippen LogP contribution in [0, 0.1) is 0 Å². The molecule has 0 spiro atoms. The van der Waals surface area contributed by atoms with Crippen LogP contribution in [0.4, 0.5) is 8.78 Å². The lowest BCUT2D eigenvalue weighted by Gasteiger charge is -2.17. The molecule has 1 fully saturated rings. The summed E-state index contributed by atoms with van der Waals surface area (Å²) in [7, 11) is 0. The van der Waals surface area contributed by atoms with E-state index in [1.54, 1.807) is 13.0 Å². The second-order valence-electron chi connectivity index (χ2n) is 6.40. The van der Waals surface area contributed by atoms with Crippen molar-refractivity contribution in [1.82, 2.24) is 15.5 Å². The monoisotopic (exact) mass is 365 g/mol. The van der Waals surface area contributed by atoms with Crippen LogP contribution in [0.3, 0.4) is 0 Å². The fraction of sp³-hybridized carbons (Fsp3) is 0.500. The first-order chi connectivity index (χ1) is 12.5. The van der Waals surface area contributed by atoms with E-state index in [4.69, 9.17) is 4.52 Å². The number of hydrogen-bond acceptors (Lipinski definition) is 5. The smallest absolute Gasteiger partial charge is 0.387 e. The van der Waals surface area contributed by atoms with Crippen molar-refractivity contribution < 1.29 is 22.8 Å². The van der Waals surface area contributed by atoms with Gasteiger partial charge in [-0.15, -0.1) is 0 Å².